The number of benzene rings is 1. The van der Waals surface area contributed by atoms with E-state index in [0.29, 0.717) is 18.7 Å². The van der Waals surface area contributed by atoms with E-state index in [1.165, 1.54) is 37.8 Å². The van der Waals surface area contributed by atoms with Gasteiger partial charge in [0.2, 0.25) is 0 Å². The zero-order chi connectivity index (χ0) is 17.5. The first-order chi connectivity index (χ1) is 12.2. The van der Waals surface area contributed by atoms with E-state index in [1.54, 1.807) is 18.2 Å². The van der Waals surface area contributed by atoms with Gasteiger partial charge in [-0.05, 0) is 49.1 Å². The maximum absolute atomic E-state index is 12.9. The lowest BCUT2D eigenvalue weighted by atomic mass is 10.1. The molecule has 1 aliphatic rings. The third kappa shape index (κ3) is 4.98. The van der Waals surface area contributed by atoms with Crippen molar-refractivity contribution in [2.24, 2.45) is 0 Å². The first kappa shape index (κ1) is 17.3. The van der Waals surface area contributed by atoms with Crippen molar-refractivity contribution < 1.29 is 9.18 Å². The summed E-state index contributed by atoms with van der Waals surface area (Å²) in [5.41, 5.74) is 1.29. The topological polar surface area (TPSA) is 58.1 Å². The SMILES string of the molecule is O=C(NCCc1ccc(F)cc1)c1ccc(N2CCCCCC2)nn1. The Morgan fingerprint density at radius 1 is 1.00 bits per heavy atom. The minimum atomic E-state index is -0.257. The lowest BCUT2D eigenvalue weighted by molar-refractivity contribution is 0.0948. The maximum atomic E-state index is 12.9. The molecular weight excluding hydrogens is 319 g/mol. The van der Waals surface area contributed by atoms with Gasteiger partial charge in [-0.2, -0.15) is 0 Å². The number of hydrogen-bond acceptors (Lipinski definition) is 4. The van der Waals surface area contributed by atoms with Crippen LogP contribution in [0, 0.1) is 5.82 Å². The van der Waals surface area contributed by atoms with E-state index < -0.39 is 0 Å². The summed E-state index contributed by atoms with van der Waals surface area (Å²) in [6.07, 6.45) is 5.52. The van der Waals surface area contributed by atoms with Crippen LogP contribution in [0.4, 0.5) is 10.2 Å². The summed E-state index contributed by atoms with van der Waals surface area (Å²) in [5.74, 6) is 0.342. The molecule has 5 nitrogen and oxygen atoms in total. The molecule has 25 heavy (non-hydrogen) atoms. The third-order valence-corrected chi connectivity index (χ3v) is 4.43. The van der Waals surface area contributed by atoms with Crippen LogP contribution in [0.1, 0.15) is 41.7 Å². The Labute approximate surface area is 147 Å². The summed E-state index contributed by atoms with van der Waals surface area (Å²) in [6.45, 7) is 2.47. The molecule has 6 heteroatoms. The van der Waals surface area contributed by atoms with E-state index in [-0.39, 0.29) is 11.7 Å². The second-order valence-electron chi connectivity index (χ2n) is 6.31. The molecule has 0 spiro atoms. The number of rotatable bonds is 5. The fourth-order valence-electron chi connectivity index (χ4n) is 2.98. The van der Waals surface area contributed by atoms with E-state index in [2.05, 4.69) is 20.4 Å². The van der Waals surface area contributed by atoms with Gasteiger partial charge in [-0.15, -0.1) is 10.2 Å². The monoisotopic (exact) mass is 342 g/mol. The molecule has 0 radical (unpaired) electrons. The molecule has 1 saturated heterocycles. The van der Waals surface area contributed by atoms with Crippen LogP contribution in [0.3, 0.4) is 0 Å². The quantitative estimate of drug-likeness (QED) is 0.908. The summed E-state index contributed by atoms with van der Waals surface area (Å²) >= 11 is 0. The maximum Gasteiger partial charge on any atom is 0.271 e. The highest BCUT2D eigenvalue weighted by Gasteiger charge is 2.13. The second kappa shape index (κ2) is 8.55. The van der Waals surface area contributed by atoms with Gasteiger partial charge in [0.05, 0.1) is 0 Å². The van der Waals surface area contributed by atoms with Crippen molar-refractivity contribution in [2.45, 2.75) is 32.1 Å². The summed E-state index contributed by atoms with van der Waals surface area (Å²) in [4.78, 5) is 14.4. The van der Waals surface area contributed by atoms with Gasteiger partial charge in [-0.1, -0.05) is 25.0 Å². The highest BCUT2D eigenvalue weighted by Crippen LogP contribution is 2.16. The van der Waals surface area contributed by atoms with E-state index >= 15 is 0 Å². The van der Waals surface area contributed by atoms with Gasteiger partial charge in [0.25, 0.3) is 5.91 Å². The molecule has 1 aromatic carbocycles. The van der Waals surface area contributed by atoms with E-state index in [4.69, 9.17) is 0 Å². The molecule has 1 fully saturated rings. The second-order valence-corrected chi connectivity index (χ2v) is 6.31. The predicted molar refractivity (Wildman–Crippen MR) is 95.2 cm³/mol. The molecule has 1 aromatic heterocycles. The van der Waals surface area contributed by atoms with Crippen molar-refractivity contribution in [3.05, 3.63) is 53.5 Å². The van der Waals surface area contributed by atoms with Gasteiger partial charge in [0.15, 0.2) is 11.5 Å². The molecular formula is C19H23FN4O. The van der Waals surface area contributed by atoms with Crippen LogP contribution in [0.15, 0.2) is 36.4 Å². The molecule has 0 atom stereocenters. The number of nitrogens with one attached hydrogen (secondary N) is 1. The minimum Gasteiger partial charge on any atom is -0.355 e. The number of carbonyl (C=O) groups is 1. The number of carbonyl (C=O) groups excluding carboxylic acids is 1. The summed E-state index contributed by atoms with van der Waals surface area (Å²) in [7, 11) is 0. The largest absolute Gasteiger partial charge is 0.355 e. The van der Waals surface area contributed by atoms with Crippen molar-refractivity contribution >= 4 is 11.7 Å². The Kier molecular flexibility index (Phi) is 5.93. The Morgan fingerprint density at radius 2 is 1.72 bits per heavy atom. The van der Waals surface area contributed by atoms with Gasteiger partial charge in [0.1, 0.15) is 5.82 Å². The highest BCUT2D eigenvalue weighted by molar-refractivity contribution is 5.92. The predicted octanol–water partition coefficient (Wildman–Crippen LogP) is 2.97. The lowest BCUT2D eigenvalue weighted by Gasteiger charge is -2.20. The summed E-state index contributed by atoms with van der Waals surface area (Å²) in [6, 6.07) is 9.87. The molecule has 1 amide bonds. The number of amides is 1. The zero-order valence-corrected chi connectivity index (χ0v) is 14.2. The molecule has 132 valence electrons. The number of aromatic nitrogens is 2. The van der Waals surface area contributed by atoms with Crippen LogP contribution in [-0.4, -0.2) is 35.7 Å². The molecule has 3 rings (SSSR count). The first-order valence-electron chi connectivity index (χ1n) is 8.84. The summed E-state index contributed by atoms with van der Waals surface area (Å²) in [5, 5.41) is 11.1. The van der Waals surface area contributed by atoms with Crippen molar-refractivity contribution in [3.8, 4) is 0 Å². The van der Waals surface area contributed by atoms with Crippen molar-refractivity contribution in [1.29, 1.82) is 0 Å². The third-order valence-electron chi connectivity index (χ3n) is 4.43. The van der Waals surface area contributed by atoms with Crippen molar-refractivity contribution in [3.63, 3.8) is 0 Å². The number of hydrogen-bond donors (Lipinski definition) is 1. The Balaban J connectivity index is 1.50. The van der Waals surface area contributed by atoms with Crippen LogP contribution < -0.4 is 10.2 Å². The lowest BCUT2D eigenvalue weighted by Crippen LogP contribution is -2.28. The normalized spacial score (nSPS) is 14.8. The highest BCUT2D eigenvalue weighted by atomic mass is 19.1. The molecule has 1 N–H and O–H groups in total. The number of anilines is 1. The Hall–Kier alpha value is -2.50. The smallest absolute Gasteiger partial charge is 0.271 e. The van der Waals surface area contributed by atoms with E-state index in [0.717, 1.165) is 24.5 Å². The van der Waals surface area contributed by atoms with Crippen molar-refractivity contribution in [2.75, 3.05) is 24.5 Å². The van der Waals surface area contributed by atoms with Crippen LogP contribution in [0.5, 0.6) is 0 Å². The van der Waals surface area contributed by atoms with E-state index in [1.807, 2.05) is 6.07 Å². The zero-order valence-electron chi connectivity index (χ0n) is 14.2. The Bertz CT molecular complexity index is 680. The van der Waals surface area contributed by atoms with Crippen molar-refractivity contribution in [1.82, 2.24) is 15.5 Å². The standard InChI is InChI=1S/C19H23FN4O/c20-16-7-5-15(6-8-16)11-12-21-19(25)17-9-10-18(23-22-17)24-13-3-1-2-4-14-24/h5-10H,1-4,11-14H2,(H,21,25). The fraction of sp³-hybridized carbons (Fsp3) is 0.421. The minimum absolute atomic E-state index is 0.239. The Morgan fingerprint density at radius 3 is 2.36 bits per heavy atom. The van der Waals surface area contributed by atoms with Crippen LogP contribution in [0.25, 0.3) is 0 Å². The molecule has 2 heterocycles. The van der Waals surface area contributed by atoms with E-state index in [9.17, 15) is 9.18 Å². The summed E-state index contributed by atoms with van der Waals surface area (Å²) < 4.78 is 12.9. The van der Waals surface area contributed by atoms with Gasteiger partial charge >= 0.3 is 0 Å². The molecule has 0 aliphatic carbocycles. The van der Waals surface area contributed by atoms with Gasteiger partial charge < -0.3 is 10.2 Å². The average molecular weight is 342 g/mol. The molecule has 0 bridgehead atoms. The average Bonchev–Trinajstić information content (AvgIpc) is 2.93. The van der Waals surface area contributed by atoms with Gasteiger partial charge in [-0.3, -0.25) is 4.79 Å². The van der Waals surface area contributed by atoms with Crippen LogP contribution >= 0.6 is 0 Å². The van der Waals surface area contributed by atoms with Crippen LogP contribution in [-0.2, 0) is 6.42 Å². The first-order valence-corrected chi connectivity index (χ1v) is 8.84. The molecule has 1 aliphatic heterocycles. The molecule has 0 saturated carbocycles. The molecule has 0 unspecified atom stereocenters. The van der Waals surface area contributed by atoms with Gasteiger partial charge in [0, 0.05) is 19.6 Å². The van der Waals surface area contributed by atoms with Crippen LogP contribution in [0.2, 0.25) is 0 Å². The number of halogens is 1. The van der Waals surface area contributed by atoms with Gasteiger partial charge in [-0.25, -0.2) is 4.39 Å². The molecule has 2 aromatic rings. The number of nitrogens with zero attached hydrogens (tertiary/aromatic N) is 3. The fourth-order valence-corrected chi connectivity index (χ4v) is 2.98.